The van der Waals surface area contributed by atoms with Crippen LogP contribution in [0.1, 0.15) is 29.6 Å². The van der Waals surface area contributed by atoms with Gasteiger partial charge in [-0.2, -0.15) is 5.26 Å². The molecule has 0 aromatic heterocycles. The number of unbranched alkanes of at least 4 members (excludes halogenated alkanes) is 1. The molecule has 0 aliphatic carbocycles. The second kappa shape index (κ2) is 6.59. The van der Waals surface area contributed by atoms with Crippen LogP contribution in [-0.2, 0) is 14.8 Å². The molecule has 6 nitrogen and oxygen atoms in total. The molecule has 0 N–H and O–H groups in total. The Kier molecular flexibility index (Phi) is 4.81. The number of sulfonamides is 1. The number of nitriles is 1. The maximum atomic E-state index is 11.9. The van der Waals surface area contributed by atoms with Crippen LogP contribution in [0.25, 0.3) is 0 Å². The summed E-state index contributed by atoms with van der Waals surface area (Å²) in [5.41, 5.74) is 0.797. The minimum Gasteiger partial charge on any atom is -0.462 e. The molecule has 0 unspecified atom stereocenters. The second-order valence-corrected chi connectivity index (χ2v) is 6.70. The standard InChI is InChI=1S/C14H16N2O4S/c15-7-1-2-9-20-14(17)12-5-3-6-13(11-12)16-8-4-10-21(16,18)19/h3,5-6,11H,1-2,4,8-10H2. The lowest BCUT2D eigenvalue weighted by molar-refractivity contribution is 0.0501. The number of ether oxygens (including phenoxy) is 1. The summed E-state index contributed by atoms with van der Waals surface area (Å²) in [6.07, 6.45) is 1.41. The number of carbonyl (C=O) groups is 1. The summed E-state index contributed by atoms with van der Waals surface area (Å²) >= 11 is 0. The first-order valence-corrected chi connectivity index (χ1v) is 8.30. The molecular formula is C14H16N2O4S. The van der Waals surface area contributed by atoms with Crippen molar-refractivity contribution in [2.45, 2.75) is 19.3 Å². The fraction of sp³-hybridized carbons (Fsp3) is 0.429. The van der Waals surface area contributed by atoms with Gasteiger partial charge in [0.05, 0.1) is 29.7 Å². The maximum absolute atomic E-state index is 11.9. The van der Waals surface area contributed by atoms with Crippen LogP contribution < -0.4 is 4.31 Å². The van der Waals surface area contributed by atoms with E-state index in [0.29, 0.717) is 37.1 Å². The molecule has 1 fully saturated rings. The van der Waals surface area contributed by atoms with E-state index in [0.717, 1.165) is 0 Å². The molecule has 1 aliphatic rings. The SMILES string of the molecule is N#CCCCOC(=O)c1cccc(N2CCCS2(=O)=O)c1. The van der Waals surface area contributed by atoms with Crippen molar-refractivity contribution < 1.29 is 17.9 Å². The Hall–Kier alpha value is -2.07. The highest BCUT2D eigenvalue weighted by atomic mass is 32.2. The normalized spacial score (nSPS) is 16.4. The van der Waals surface area contributed by atoms with Crippen molar-refractivity contribution in [3.8, 4) is 6.07 Å². The Balaban J connectivity index is 2.08. The molecular weight excluding hydrogens is 292 g/mol. The smallest absolute Gasteiger partial charge is 0.338 e. The minimum absolute atomic E-state index is 0.135. The summed E-state index contributed by atoms with van der Waals surface area (Å²) in [6, 6.07) is 8.37. The van der Waals surface area contributed by atoms with Crippen LogP contribution >= 0.6 is 0 Å². The first kappa shape index (κ1) is 15.3. The molecule has 1 saturated heterocycles. The number of nitrogens with zero attached hydrogens (tertiary/aromatic N) is 2. The van der Waals surface area contributed by atoms with Gasteiger partial charge in [0.1, 0.15) is 0 Å². The summed E-state index contributed by atoms with van der Waals surface area (Å²) in [5.74, 6) is -0.373. The van der Waals surface area contributed by atoms with Gasteiger partial charge in [0.15, 0.2) is 0 Å². The second-order valence-electron chi connectivity index (χ2n) is 4.69. The molecule has 0 saturated carbocycles. The third-order valence-electron chi connectivity index (χ3n) is 3.14. The lowest BCUT2D eigenvalue weighted by Gasteiger charge is -2.17. The van der Waals surface area contributed by atoms with Crippen LogP contribution in [0, 0.1) is 11.3 Å². The van der Waals surface area contributed by atoms with Crippen molar-refractivity contribution in [3.05, 3.63) is 29.8 Å². The van der Waals surface area contributed by atoms with Crippen LogP contribution in [0.2, 0.25) is 0 Å². The largest absolute Gasteiger partial charge is 0.462 e. The number of hydrogen-bond acceptors (Lipinski definition) is 5. The molecule has 0 spiro atoms. The van der Waals surface area contributed by atoms with Gasteiger partial charge in [-0.3, -0.25) is 4.31 Å². The zero-order valence-corrected chi connectivity index (χ0v) is 12.3. The molecule has 112 valence electrons. The first-order chi connectivity index (χ1) is 10.0. The quantitative estimate of drug-likeness (QED) is 0.610. The predicted octanol–water partition coefficient (Wildman–Crippen LogP) is 1.69. The third-order valence-corrected chi connectivity index (χ3v) is 5.00. The number of benzene rings is 1. The van der Waals surface area contributed by atoms with E-state index in [4.69, 9.17) is 10.00 Å². The fourth-order valence-corrected chi connectivity index (χ4v) is 3.67. The lowest BCUT2D eigenvalue weighted by Crippen LogP contribution is -2.25. The Morgan fingerprint density at radius 3 is 2.90 bits per heavy atom. The molecule has 1 aliphatic heterocycles. The molecule has 0 amide bonds. The van der Waals surface area contributed by atoms with Crippen LogP contribution in [0.3, 0.4) is 0 Å². The van der Waals surface area contributed by atoms with Gasteiger partial charge in [-0.25, -0.2) is 13.2 Å². The molecule has 2 rings (SSSR count). The van der Waals surface area contributed by atoms with E-state index in [2.05, 4.69) is 0 Å². The summed E-state index contributed by atoms with van der Waals surface area (Å²) in [5, 5.41) is 8.40. The third kappa shape index (κ3) is 3.73. The molecule has 0 atom stereocenters. The van der Waals surface area contributed by atoms with Crippen molar-refractivity contribution in [1.29, 1.82) is 5.26 Å². The number of rotatable bonds is 5. The Labute approximate surface area is 124 Å². The number of esters is 1. The molecule has 0 bridgehead atoms. The monoisotopic (exact) mass is 308 g/mol. The van der Waals surface area contributed by atoms with Gasteiger partial charge < -0.3 is 4.74 Å². The minimum atomic E-state index is -3.26. The highest BCUT2D eigenvalue weighted by molar-refractivity contribution is 7.93. The van der Waals surface area contributed by atoms with Crippen molar-refractivity contribution in [1.82, 2.24) is 0 Å². The van der Waals surface area contributed by atoms with Crippen LogP contribution in [0.4, 0.5) is 5.69 Å². The zero-order chi connectivity index (χ0) is 15.3. The van der Waals surface area contributed by atoms with Gasteiger partial charge >= 0.3 is 5.97 Å². The topological polar surface area (TPSA) is 87.5 Å². The summed E-state index contributed by atoms with van der Waals surface area (Å²) in [6.45, 7) is 0.613. The maximum Gasteiger partial charge on any atom is 0.338 e. The average molecular weight is 308 g/mol. The van der Waals surface area contributed by atoms with Gasteiger partial charge in [0.2, 0.25) is 10.0 Å². The van der Waals surface area contributed by atoms with E-state index >= 15 is 0 Å². The van der Waals surface area contributed by atoms with E-state index in [1.165, 1.54) is 10.4 Å². The molecule has 7 heteroatoms. The van der Waals surface area contributed by atoms with Crippen LogP contribution in [-0.4, -0.2) is 33.3 Å². The van der Waals surface area contributed by atoms with Crippen LogP contribution in [0.5, 0.6) is 0 Å². The first-order valence-electron chi connectivity index (χ1n) is 6.69. The fourth-order valence-electron chi connectivity index (χ4n) is 2.12. The summed E-state index contributed by atoms with van der Waals surface area (Å²) < 4.78 is 30.1. The van der Waals surface area contributed by atoms with Crippen molar-refractivity contribution in [2.75, 3.05) is 23.2 Å². The van der Waals surface area contributed by atoms with E-state index in [1.807, 2.05) is 6.07 Å². The number of carbonyl (C=O) groups excluding carboxylic acids is 1. The van der Waals surface area contributed by atoms with E-state index in [1.54, 1.807) is 18.2 Å². The average Bonchev–Trinajstić information content (AvgIpc) is 2.83. The molecule has 0 radical (unpaired) electrons. The Morgan fingerprint density at radius 2 is 2.24 bits per heavy atom. The predicted molar refractivity (Wildman–Crippen MR) is 77.3 cm³/mol. The molecule has 1 aromatic rings. The van der Waals surface area contributed by atoms with E-state index < -0.39 is 16.0 Å². The van der Waals surface area contributed by atoms with Crippen molar-refractivity contribution in [2.24, 2.45) is 0 Å². The van der Waals surface area contributed by atoms with Crippen molar-refractivity contribution >= 4 is 21.7 Å². The van der Waals surface area contributed by atoms with E-state index in [9.17, 15) is 13.2 Å². The zero-order valence-electron chi connectivity index (χ0n) is 11.5. The molecule has 1 aromatic carbocycles. The summed E-state index contributed by atoms with van der Waals surface area (Å²) in [4.78, 5) is 11.9. The highest BCUT2D eigenvalue weighted by Crippen LogP contribution is 2.24. The molecule has 21 heavy (non-hydrogen) atoms. The van der Waals surface area contributed by atoms with Gasteiger partial charge in [-0.05, 0) is 31.0 Å². The number of hydrogen-bond donors (Lipinski definition) is 0. The van der Waals surface area contributed by atoms with Gasteiger partial charge in [0.25, 0.3) is 0 Å². The molecule has 1 heterocycles. The van der Waals surface area contributed by atoms with Gasteiger partial charge in [-0.1, -0.05) is 6.07 Å². The van der Waals surface area contributed by atoms with E-state index in [-0.39, 0.29) is 12.4 Å². The highest BCUT2D eigenvalue weighted by Gasteiger charge is 2.28. The Bertz CT molecular complexity index is 664. The lowest BCUT2D eigenvalue weighted by atomic mass is 10.2. The van der Waals surface area contributed by atoms with Gasteiger partial charge in [-0.15, -0.1) is 0 Å². The number of anilines is 1. The van der Waals surface area contributed by atoms with Crippen LogP contribution in [0.15, 0.2) is 24.3 Å². The summed E-state index contributed by atoms with van der Waals surface area (Å²) in [7, 11) is -3.26. The Morgan fingerprint density at radius 1 is 1.43 bits per heavy atom. The van der Waals surface area contributed by atoms with Crippen molar-refractivity contribution in [3.63, 3.8) is 0 Å². The van der Waals surface area contributed by atoms with Gasteiger partial charge in [0, 0.05) is 13.0 Å².